The van der Waals surface area contributed by atoms with E-state index in [9.17, 15) is 9.18 Å². The number of esters is 1. The molecule has 1 aromatic carbocycles. The van der Waals surface area contributed by atoms with Crippen LogP contribution in [0.5, 0.6) is 0 Å². The molecule has 2 aromatic rings. The molecule has 0 aliphatic rings. The minimum absolute atomic E-state index is 0.0340. The molecule has 0 aliphatic carbocycles. The quantitative estimate of drug-likeness (QED) is 0.787. The number of carbonyl (C=O) groups is 1. The highest BCUT2D eigenvalue weighted by molar-refractivity contribution is 5.71. The fraction of sp³-hybridized carbons (Fsp3) is 0.154. The van der Waals surface area contributed by atoms with E-state index in [1.165, 1.54) is 36.2 Å². The maximum absolute atomic E-state index is 13.2. The summed E-state index contributed by atoms with van der Waals surface area (Å²) in [5, 5.41) is 13.0. The van der Waals surface area contributed by atoms with Gasteiger partial charge in [0.2, 0.25) is 0 Å². The van der Waals surface area contributed by atoms with Gasteiger partial charge in [-0.25, -0.2) is 4.39 Å². The summed E-state index contributed by atoms with van der Waals surface area (Å²) in [4.78, 5) is 11.1. The molecule has 0 aliphatic heterocycles. The summed E-state index contributed by atoms with van der Waals surface area (Å²) in [5.41, 5.74) is 1.36. The largest absolute Gasteiger partial charge is 0.468 e. The molecule has 0 saturated carbocycles. The second kappa shape index (κ2) is 5.31. The van der Waals surface area contributed by atoms with Crippen molar-refractivity contribution in [3.05, 3.63) is 42.0 Å². The molecular formula is C13H10FN3O2. The van der Waals surface area contributed by atoms with Gasteiger partial charge in [-0.3, -0.25) is 9.48 Å². The maximum Gasteiger partial charge on any atom is 0.327 e. The zero-order chi connectivity index (χ0) is 13.8. The molecule has 0 N–H and O–H groups in total. The normalized spacial score (nSPS) is 9.95. The van der Waals surface area contributed by atoms with Gasteiger partial charge in [0.15, 0.2) is 0 Å². The Morgan fingerprint density at radius 2 is 2.37 bits per heavy atom. The molecule has 1 aromatic heterocycles. The highest BCUT2D eigenvalue weighted by Crippen LogP contribution is 2.23. The molecule has 0 saturated heterocycles. The van der Waals surface area contributed by atoms with Gasteiger partial charge in [0, 0.05) is 17.3 Å². The Morgan fingerprint density at radius 1 is 1.58 bits per heavy atom. The van der Waals surface area contributed by atoms with Crippen molar-refractivity contribution in [1.29, 1.82) is 5.26 Å². The third kappa shape index (κ3) is 2.77. The molecule has 19 heavy (non-hydrogen) atoms. The van der Waals surface area contributed by atoms with Crippen LogP contribution in [0.15, 0.2) is 30.6 Å². The topological polar surface area (TPSA) is 67.9 Å². The van der Waals surface area contributed by atoms with Gasteiger partial charge in [-0.1, -0.05) is 0 Å². The first kappa shape index (κ1) is 12.8. The van der Waals surface area contributed by atoms with Gasteiger partial charge in [-0.05, 0) is 18.2 Å². The lowest BCUT2D eigenvalue weighted by Crippen LogP contribution is -2.11. The van der Waals surface area contributed by atoms with E-state index in [4.69, 9.17) is 5.26 Å². The number of benzene rings is 1. The highest BCUT2D eigenvalue weighted by atomic mass is 19.1. The van der Waals surface area contributed by atoms with E-state index in [-0.39, 0.29) is 6.54 Å². The monoisotopic (exact) mass is 259 g/mol. The van der Waals surface area contributed by atoms with Gasteiger partial charge >= 0.3 is 5.97 Å². The van der Waals surface area contributed by atoms with E-state index in [0.717, 1.165) is 0 Å². The highest BCUT2D eigenvalue weighted by Gasteiger charge is 2.10. The van der Waals surface area contributed by atoms with Crippen LogP contribution in [0.2, 0.25) is 0 Å². The Morgan fingerprint density at radius 3 is 3.05 bits per heavy atom. The molecule has 0 radical (unpaired) electrons. The smallest absolute Gasteiger partial charge is 0.327 e. The summed E-state index contributed by atoms with van der Waals surface area (Å²) in [7, 11) is 1.28. The second-order valence-corrected chi connectivity index (χ2v) is 3.80. The van der Waals surface area contributed by atoms with E-state index in [1.54, 1.807) is 6.20 Å². The lowest BCUT2D eigenvalue weighted by atomic mass is 10.0. The Labute approximate surface area is 108 Å². The number of halogens is 1. The lowest BCUT2D eigenvalue weighted by molar-refractivity contribution is -0.141. The SMILES string of the molecule is COC(=O)Cn1cc(-c2cc(F)ccc2C#N)cn1. The van der Waals surface area contributed by atoms with Gasteiger partial charge in [0.05, 0.1) is 24.9 Å². The summed E-state index contributed by atoms with van der Waals surface area (Å²) in [6.45, 7) is -0.0340. The van der Waals surface area contributed by atoms with E-state index >= 15 is 0 Å². The molecule has 96 valence electrons. The zero-order valence-corrected chi connectivity index (χ0v) is 10.1. The minimum atomic E-state index is -0.436. The van der Waals surface area contributed by atoms with Crippen LogP contribution in [0, 0.1) is 17.1 Å². The summed E-state index contributed by atoms with van der Waals surface area (Å²) in [6, 6.07) is 5.88. The van der Waals surface area contributed by atoms with Crippen LogP contribution in [-0.4, -0.2) is 22.9 Å². The standard InChI is InChI=1S/C13H10FN3O2/c1-19-13(18)8-17-7-10(6-16-17)12-4-11(14)3-2-9(12)5-15/h2-4,6-7H,8H2,1H3. The van der Waals surface area contributed by atoms with Crippen molar-refractivity contribution in [1.82, 2.24) is 9.78 Å². The number of nitrogens with zero attached hydrogens (tertiary/aromatic N) is 3. The number of nitriles is 1. The van der Waals surface area contributed by atoms with Crippen molar-refractivity contribution in [2.24, 2.45) is 0 Å². The van der Waals surface area contributed by atoms with Crippen LogP contribution in [0.3, 0.4) is 0 Å². The van der Waals surface area contributed by atoms with Crippen LogP contribution in [-0.2, 0) is 16.1 Å². The number of methoxy groups -OCH3 is 1. The minimum Gasteiger partial charge on any atom is -0.468 e. The second-order valence-electron chi connectivity index (χ2n) is 3.80. The average Bonchev–Trinajstić information content (AvgIpc) is 2.86. The molecule has 0 fully saturated rings. The summed E-state index contributed by atoms with van der Waals surface area (Å²) in [5.74, 6) is -0.871. The molecule has 2 rings (SSSR count). The van der Waals surface area contributed by atoms with E-state index in [0.29, 0.717) is 16.7 Å². The third-order valence-corrected chi connectivity index (χ3v) is 2.57. The van der Waals surface area contributed by atoms with Crippen LogP contribution in [0.1, 0.15) is 5.56 Å². The number of aromatic nitrogens is 2. The molecule has 0 amide bonds. The Hall–Kier alpha value is -2.68. The van der Waals surface area contributed by atoms with Gasteiger partial charge < -0.3 is 4.74 Å². The van der Waals surface area contributed by atoms with Crippen molar-refractivity contribution in [3.63, 3.8) is 0 Å². The summed E-state index contributed by atoms with van der Waals surface area (Å²) in [6.07, 6.45) is 3.03. The molecule has 0 spiro atoms. The number of carbonyl (C=O) groups excluding carboxylic acids is 1. The Kier molecular flexibility index (Phi) is 3.57. The number of ether oxygens (including phenoxy) is 1. The van der Waals surface area contributed by atoms with Crippen molar-refractivity contribution in [3.8, 4) is 17.2 Å². The molecule has 0 unspecified atom stereocenters. The Balaban J connectivity index is 2.35. The van der Waals surface area contributed by atoms with Gasteiger partial charge in [0.1, 0.15) is 12.4 Å². The van der Waals surface area contributed by atoms with E-state index in [2.05, 4.69) is 9.84 Å². The van der Waals surface area contributed by atoms with Crippen molar-refractivity contribution in [2.75, 3.05) is 7.11 Å². The fourth-order valence-corrected chi connectivity index (χ4v) is 1.64. The van der Waals surface area contributed by atoms with Crippen molar-refractivity contribution < 1.29 is 13.9 Å². The van der Waals surface area contributed by atoms with Crippen LogP contribution < -0.4 is 0 Å². The van der Waals surface area contributed by atoms with Gasteiger partial charge in [-0.15, -0.1) is 0 Å². The molecule has 6 heteroatoms. The lowest BCUT2D eigenvalue weighted by Gasteiger charge is -2.01. The molecule has 1 heterocycles. The molecule has 5 nitrogen and oxygen atoms in total. The van der Waals surface area contributed by atoms with Gasteiger partial charge in [0.25, 0.3) is 0 Å². The number of hydrogen-bond acceptors (Lipinski definition) is 4. The number of hydrogen-bond donors (Lipinski definition) is 0. The first-order valence-corrected chi connectivity index (χ1v) is 5.43. The first-order chi connectivity index (χ1) is 9.13. The predicted octanol–water partition coefficient (Wildman–Crippen LogP) is 1.73. The molecule has 0 atom stereocenters. The summed E-state index contributed by atoms with van der Waals surface area (Å²) < 4.78 is 19.1. The molecular weight excluding hydrogens is 249 g/mol. The van der Waals surface area contributed by atoms with Crippen LogP contribution >= 0.6 is 0 Å². The van der Waals surface area contributed by atoms with E-state index < -0.39 is 11.8 Å². The van der Waals surface area contributed by atoms with Crippen LogP contribution in [0.4, 0.5) is 4.39 Å². The van der Waals surface area contributed by atoms with E-state index in [1.807, 2.05) is 6.07 Å². The molecule has 0 bridgehead atoms. The fourth-order valence-electron chi connectivity index (χ4n) is 1.64. The summed E-state index contributed by atoms with van der Waals surface area (Å²) >= 11 is 0. The van der Waals surface area contributed by atoms with Crippen molar-refractivity contribution >= 4 is 5.97 Å². The zero-order valence-electron chi connectivity index (χ0n) is 10.1. The average molecular weight is 259 g/mol. The number of rotatable bonds is 3. The Bertz CT molecular complexity index is 658. The predicted molar refractivity (Wildman–Crippen MR) is 64.4 cm³/mol. The van der Waals surface area contributed by atoms with Gasteiger partial charge in [-0.2, -0.15) is 10.4 Å². The van der Waals surface area contributed by atoms with Crippen molar-refractivity contribution in [2.45, 2.75) is 6.54 Å². The third-order valence-electron chi connectivity index (χ3n) is 2.57. The first-order valence-electron chi connectivity index (χ1n) is 5.43. The van der Waals surface area contributed by atoms with Crippen LogP contribution in [0.25, 0.3) is 11.1 Å². The maximum atomic E-state index is 13.2.